The Hall–Kier alpha value is -2.13. The fourth-order valence-corrected chi connectivity index (χ4v) is 2.79. The smallest absolute Gasteiger partial charge is 0.0416 e. The van der Waals surface area contributed by atoms with Crippen molar-refractivity contribution >= 4 is 0 Å². The van der Waals surface area contributed by atoms with Crippen molar-refractivity contribution in [3.63, 3.8) is 0 Å². The molecule has 0 aliphatic carbocycles. The number of pyridine rings is 1. The van der Waals surface area contributed by atoms with E-state index in [1.807, 2.05) is 6.20 Å². The average Bonchev–Trinajstić information content (AvgIpc) is 2.61. The lowest BCUT2D eigenvalue weighted by molar-refractivity contribution is 0.646. The summed E-state index contributed by atoms with van der Waals surface area (Å²) < 4.78 is 0. The minimum absolute atomic E-state index is 0.857. The molecule has 3 nitrogen and oxygen atoms in total. The SMILES string of the molecule is C=C(CCNCCc1ccc(C)cn1)NCc1ccc(C)cc1CC. The standard InChI is InChI=1S/C22H31N3/c1-5-20-14-17(2)6-8-21(20)16-24-19(4)10-12-23-13-11-22-9-7-18(3)15-25-22/h6-9,14-15,23-24H,4-5,10-13,16H2,1-3H3. The van der Waals surface area contributed by atoms with Gasteiger partial charge in [0.2, 0.25) is 0 Å². The van der Waals surface area contributed by atoms with E-state index in [1.165, 1.54) is 22.3 Å². The van der Waals surface area contributed by atoms with E-state index in [-0.39, 0.29) is 0 Å². The van der Waals surface area contributed by atoms with Crippen molar-refractivity contribution in [3.05, 3.63) is 76.8 Å². The van der Waals surface area contributed by atoms with Crippen LogP contribution in [0.1, 0.15) is 41.3 Å². The summed E-state index contributed by atoms with van der Waals surface area (Å²) in [6.45, 7) is 13.3. The summed E-state index contributed by atoms with van der Waals surface area (Å²) in [5.41, 5.74) is 7.55. The van der Waals surface area contributed by atoms with E-state index in [9.17, 15) is 0 Å². The van der Waals surface area contributed by atoms with Crippen LogP contribution in [0.4, 0.5) is 0 Å². The number of benzene rings is 1. The van der Waals surface area contributed by atoms with Crippen LogP contribution in [0.25, 0.3) is 0 Å². The lowest BCUT2D eigenvalue weighted by Gasteiger charge is -2.13. The molecule has 2 aromatic rings. The highest BCUT2D eigenvalue weighted by Gasteiger charge is 2.02. The lowest BCUT2D eigenvalue weighted by Crippen LogP contribution is -2.22. The number of nitrogens with one attached hydrogen (secondary N) is 2. The molecule has 3 heteroatoms. The molecule has 0 unspecified atom stereocenters. The molecule has 0 fully saturated rings. The van der Waals surface area contributed by atoms with Crippen LogP contribution in [-0.4, -0.2) is 18.1 Å². The van der Waals surface area contributed by atoms with Gasteiger partial charge in [0.25, 0.3) is 0 Å². The topological polar surface area (TPSA) is 37.0 Å². The molecule has 0 saturated carbocycles. The summed E-state index contributed by atoms with van der Waals surface area (Å²) in [5, 5.41) is 6.93. The Bertz CT molecular complexity index is 674. The second-order valence-corrected chi connectivity index (χ2v) is 6.66. The normalized spacial score (nSPS) is 10.7. The third-order valence-electron chi connectivity index (χ3n) is 4.41. The summed E-state index contributed by atoms with van der Waals surface area (Å²) in [4.78, 5) is 4.43. The zero-order valence-corrected chi connectivity index (χ0v) is 15.9. The molecule has 0 radical (unpaired) electrons. The molecule has 0 aliphatic rings. The molecule has 0 amide bonds. The second kappa shape index (κ2) is 10.00. The molecule has 1 aromatic carbocycles. The van der Waals surface area contributed by atoms with Gasteiger partial charge in [-0.15, -0.1) is 0 Å². The first-order valence-corrected chi connectivity index (χ1v) is 9.20. The first-order valence-electron chi connectivity index (χ1n) is 9.20. The van der Waals surface area contributed by atoms with E-state index in [4.69, 9.17) is 0 Å². The molecule has 0 spiro atoms. The second-order valence-electron chi connectivity index (χ2n) is 6.66. The average molecular weight is 338 g/mol. The molecule has 0 atom stereocenters. The van der Waals surface area contributed by atoms with Gasteiger partial charge in [0.05, 0.1) is 0 Å². The Kier molecular flexibility index (Phi) is 7.68. The van der Waals surface area contributed by atoms with Crippen LogP contribution in [-0.2, 0) is 19.4 Å². The third kappa shape index (κ3) is 6.71. The molecular formula is C22H31N3. The highest BCUT2D eigenvalue weighted by Crippen LogP contribution is 2.13. The van der Waals surface area contributed by atoms with E-state index >= 15 is 0 Å². The quantitative estimate of drug-likeness (QED) is 0.641. The van der Waals surface area contributed by atoms with Gasteiger partial charge in [-0.05, 0) is 49.4 Å². The molecular weight excluding hydrogens is 306 g/mol. The van der Waals surface area contributed by atoms with E-state index in [0.29, 0.717) is 0 Å². The molecule has 0 bridgehead atoms. The first-order chi connectivity index (χ1) is 12.1. The van der Waals surface area contributed by atoms with Crippen LogP contribution < -0.4 is 10.6 Å². The van der Waals surface area contributed by atoms with Gasteiger partial charge in [0.15, 0.2) is 0 Å². The Morgan fingerprint density at radius 2 is 1.84 bits per heavy atom. The van der Waals surface area contributed by atoms with Crippen molar-refractivity contribution in [2.45, 2.75) is 46.6 Å². The highest BCUT2D eigenvalue weighted by atomic mass is 14.9. The van der Waals surface area contributed by atoms with Crippen LogP contribution in [0.3, 0.4) is 0 Å². The summed E-state index contributed by atoms with van der Waals surface area (Å²) in [7, 11) is 0. The van der Waals surface area contributed by atoms with Gasteiger partial charge >= 0.3 is 0 Å². The van der Waals surface area contributed by atoms with Gasteiger partial charge < -0.3 is 10.6 Å². The highest BCUT2D eigenvalue weighted by molar-refractivity contribution is 5.31. The number of nitrogens with zero attached hydrogens (tertiary/aromatic N) is 1. The van der Waals surface area contributed by atoms with E-state index in [2.05, 4.69) is 73.3 Å². The monoisotopic (exact) mass is 337 g/mol. The first kappa shape index (κ1) is 19.2. The number of hydrogen-bond donors (Lipinski definition) is 2. The number of hydrogen-bond acceptors (Lipinski definition) is 3. The molecule has 2 N–H and O–H groups in total. The van der Waals surface area contributed by atoms with E-state index in [1.54, 1.807) is 0 Å². The minimum atomic E-state index is 0.857. The van der Waals surface area contributed by atoms with Crippen LogP contribution in [0.5, 0.6) is 0 Å². The van der Waals surface area contributed by atoms with Crippen molar-refractivity contribution in [2.24, 2.45) is 0 Å². The summed E-state index contributed by atoms with van der Waals surface area (Å²) >= 11 is 0. The molecule has 134 valence electrons. The maximum Gasteiger partial charge on any atom is 0.0416 e. The van der Waals surface area contributed by atoms with Gasteiger partial charge in [-0.1, -0.05) is 43.3 Å². The van der Waals surface area contributed by atoms with Gasteiger partial charge in [-0.3, -0.25) is 4.98 Å². The van der Waals surface area contributed by atoms with Gasteiger partial charge in [-0.25, -0.2) is 0 Å². The number of rotatable bonds is 10. The summed E-state index contributed by atoms with van der Waals surface area (Å²) in [5.74, 6) is 0. The van der Waals surface area contributed by atoms with Crippen molar-refractivity contribution in [2.75, 3.05) is 13.1 Å². The maximum atomic E-state index is 4.43. The van der Waals surface area contributed by atoms with Crippen LogP contribution >= 0.6 is 0 Å². The van der Waals surface area contributed by atoms with Crippen molar-refractivity contribution in [1.82, 2.24) is 15.6 Å². The van der Waals surface area contributed by atoms with Gasteiger partial charge in [0.1, 0.15) is 0 Å². The zero-order valence-electron chi connectivity index (χ0n) is 15.9. The fraction of sp³-hybridized carbons (Fsp3) is 0.409. The fourth-order valence-electron chi connectivity index (χ4n) is 2.79. The Morgan fingerprint density at radius 1 is 1.04 bits per heavy atom. The number of aromatic nitrogens is 1. The molecule has 1 aromatic heterocycles. The van der Waals surface area contributed by atoms with E-state index in [0.717, 1.165) is 50.3 Å². The molecule has 0 saturated heterocycles. The molecule has 1 heterocycles. The Labute approximate surface area is 152 Å². The summed E-state index contributed by atoms with van der Waals surface area (Å²) in [6.07, 6.45) is 4.90. The van der Waals surface area contributed by atoms with Crippen LogP contribution in [0.15, 0.2) is 48.8 Å². The van der Waals surface area contributed by atoms with Crippen LogP contribution in [0, 0.1) is 13.8 Å². The summed E-state index contributed by atoms with van der Waals surface area (Å²) in [6, 6.07) is 10.9. The zero-order chi connectivity index (χ0) is 18.1. The number of aryl methyl sites for hydroxylation is 3. The largest absolute Gasteiger partial charge is 0.385 e. The van der Waals surface area contributed by atoms with Crippen molar-refractivity contribution < 1.29 is 0 Å². The predicted molar refractivity (Wildman–Crippen MR) is 107 cm³/mol. The predicted octanol–water partition coefficient (Wildman–Crippen LogP) is 4.09. The Balaban J connectivity index is 1.63. The van der Waals surface area contributed by atoms with Crippen LogP contribution in [0.2, 0.25) is 0 Å². The van der Waals surface area contributed by atoms with Crippen molar-refractivity contribution in [3.8, 4) is 0 Å². The van der Waals surface area contributed by atoms with E-state index < -0.39 is 0 Å². The minimum Gasteiger partial charge on any atom is -0.385 e. The maximum absolute atomic E-state index is 4.43. The molecule has 0 aliphatic heterocycles. The third-order valence-corrected chi connectivity index (χ3v) is 4.41. The van der Waals surface area contributed by atoms with Gasteiger partial charge in [-0.2, -0.15) is 0 Å². The van der Waals surface area contributed by atoms with Gasteiger partial charge in [0, 0.05) is 43.6 Å². The molecule has 2 rings (SSSR count). The Morgan fingerprint density at radius 3 is 2.56 bits per heavy atom. The molecule has 25 heavy (non-hydrogen) atoms. The lowest BCUT2D eigenvalue weighted by atomic mass is 10.0. The van der Waals surface area contributed by atoms with Crippen molar-refractivity contribution in [1.29, 1.82) is 0 Å².